The van der Waals surface area contributed by atoms with Gasteiger partial charge in [-0.2, -0.15) is 0 Å². The van der Waals surface area contributed by atoms with Gasteiger partial charge in [0.2, 0.25) is 0 Å². The third kappa shape index (κ3) is 4.22. The van der Waals surface area contributed by atoms with E-state index in [0.29, 0.717) is 0 Å². The van der Waals surface area contributed by atoms with Crippen molar-refractivity contribution in [1.82, 2.24) is 5.32 Å². The quantitative estimate of drug-likeness (QED) is 0.263. The first-order valence-electron chi connectivity index (χ1n) is 7.80. The summed E-state index contributed by atoms with van der Waals surface area (Å²) in [6.07, 6.45) is -7.54. The number of aliphatic hydroxyl groups excluding tert-OH is 5. The van der Waals surface area contributed by atoms with Crippen LogP contribution in [0.1, 0.15) is 13.8 Å². The van der Waals surface area contributed by atoms with Crippen LogP contribution in [-0.4, -0.2) is 82.7 Å². The molecule has 10 heteroatoms. The van der Waals surface area contributed by atoms with Crippen LogP contribution in [0, 0.1) is 5.92 Å². The van der Waals surface area contributed by atoms with Gasteiger partial charge in [0.15, 0.2) is 0 Å². The monoisotopic (exact) mass is 375 g/mol. The SMILES string of the molecule is COC(=O)C1=C(C)NC(C)=C(C(=O)OC)C1C(O)C(O)C(O)C(O)CO. The van der Waals surface area contributed by atoms with Crippen LogP contribution in [0.4, 0.5) is 0 Å². The lowest BCUT2D eigenvalue weighted by Crippen LogP contribution is -2.51. The molecule has 0 aromatic carbocycles. The van der Waals surface area contributed by atoms with E-state index in [4.69, 9.17) is 14.6 Å². The van der Waals surface area contributed by atoms with E-state index < -0.39 is 48.9 Å². The van der Waals surface area contributed by atoms with Crippen LogP contribution in [0.15, 0.2) is 22.5 Å². The van der Waals surface area contributed by atoms with Gasteiger partial charge in [0.1, 0.15) is 18.3 Å². The van der Waals surface area contributed by atoms with Crippen LogP contribution in [-0.2, 0) is 19.1 Å². The van der Waals surface area contributed by atoms with Crippen molar-refractivity contribution in [3.8, 4) is 0 Å². The Morgan fingerprint density at radius 1 is 0.962 bits per heavy atom. The summed E-state index contributed by atoms with van der Waals surface area (Å²) in [6, 6.07) is 0. The van der Waals surface area contributed by atoms with Crippen molar-refractivity contribution in [3.05, 3.63) is 22.5 Å². The van der Waals surface area contributed by atoms with Gasteiger partial charge >= 0.3 is 11.9 Å². The van der Waals surface area contributed by atoms with Crippen molar-refractivity contribution in [3.63, 3.8) is 0 Å². The lowest BCUT2D eigenvalue weighted by molar-refractivity contribution is -0.143. The van der Waals surface area contributed by atoms with Crippen molar-refractivity contribution in [2.24, 2.45) is 5.92 Å². The zero-order valence-corrected chi connectivity index (χ0v) is 15.0. The first-order valence-corrected chi connectivity index (χ1v) is 7.80. The fourth-order valence-electron chi connectivity index (χ4n) is 2.88. The van der Waals surface area contributed by atoms with E-state index in [2.05, 4.69) is 5.32 Å². The number of hydrogen-bond donors (Lipinski definition) is 6. The van der Waals surface area contributed by atoms with Gasteiger partial charge in [-0.15, -0.1) is 0 Å². The molecule has 148 valence electrons. The number of methoxy groups -OCH3 is 2. The molecule has 0 aromatic heterocycles. The molecule has 4 unspecified atom stereocenters. The van der Waals surface area contributed by atoms with Crippen LogP contribution in [0.2, 0.25) is 0 Å². The molecule has 0 spiro atoms. The van der Waals surface area contributed by atoms with Crippen molar-refractivity contribution in [1.29, 1.82) is 0 Å². The third-order valence-corrected chi connectivity index (χ3v) is 4.24. The Morgan fingerprint density at radius 2 is 1.38 bits per heavy atom. The fraction of sp³-hybridized carbons (Fsp3) is 0.625. The maximum absolute atomic E-state index is 12.2. The third-order valence-electron chi connectivity index (χ3n) is 4.24. The summed E-state index contributed by atoms with van der Waals surface area (Å²) in [5, 5.41) is 51.9. The highest BCUT2D eigenvalue weighted by Crippen LogP contribution is 2.35. The average Bonchev–Trinajstić information content (AvgIpc) is 2.63. The summed E-state index contributed by atoms with van der Waals surface area (Å²) in [6.45, 7) is 2.15. The molecule has 10 nitrogen and oxygen atoms in total. The standard InChI is InChI=1S/C16H25NO9/c1-6-9(15(23)25-3)11(10(7(2)17-6)16(24)26-4)13(21)14(22)12(20)8(19)5-18/h8,11-14,17-22H,5H2,1-4H3. The molecule has 1 aliphatic rings. The second-order valence-corrected chi connectivity index (χ2v) is 5.88. The topological polar surface area (TPSA) is 166 Å². The van der Waals surface area contributed by atoms with Gasteiger partial charge in [-0.05, 0) is 13.8 Å². The molecule has 0 aromatic rings. The van der Waals surface area contributed by atoms with Crippen molar-refractivity contribution in [2.75, 3.05) is 20.8 Å². The molecule has 4 atom stereocenters. The molecule has 0 saturated carbocycles. The largest absolute Gasteiger partial charge is 0.466 e. The van der Waals surface area contributed by atoms with E-state index in [0.717, 1.165) is 14.2 Å². The van der Waals surface area contributed by atoms with E-state index in [9.17, 15) is 30.0 Å². The van der Waals surface area contributed by atoms with Crippen LogP contribution < -0.4 is 5.32 Å². The Balaban J connectivity index is 3.45. The highest BCUT2D eigenvalue weighted by atomic mass is 16.5. The summed E-state index contributed by atoms with van der Waals surface area (Å²) in [4.78, 5) is 24.4. The molecule has 1 aliphatic heterocycles. The molecule has 1 rings (SSSR count). The number of dihydropyridines is 1. The molecule has 0 saturated heterocycles. The Bertz CT molecular complexity index is 575. The van der Waals surface area contributed by atoms with E-state index in [-0.39, 0.29) is 22.5 Å². The number of carbonyl (C=O) groups is 2. The summed E-state index contributed by atoms with van der Waals surface area (Å²) >= 11 is 0. The zero-order chi connectivity index (χ0) is 20.2. The minimum atomic E-state index is -1.99. The number of nitrogens with one attached hydrogen (secondary N) is 1. The average molecular weight is 375 g/mol. The number of esters is 2. The molecular weight excluding hydrogens is 350 g/mol. The van der Waals surface area contributed by atoms with Gasteiger partial charge in [-0.3, -0.25) is 0 Å². The second-order valence-electron chi connectivity index (χ2n) is 5.88. The molecular formula is C16H25NO9. The number of allylic oxidation sites excluding steroid dienone is 2. The highest BCUT2D eigenvalue weighted by Gasteiger charge is 2.45. The number of rotatable bonds is 7. The minimum Gasteiger partial charge on any atom is -0.466 e. The van der Waals surface area contributed by atoms with Crippen LogP contribution in [0.25, 0.3) is 0 Å². The van der Waals surface area contributed by atoms with E-state index in [1.807, 2.05) is 0 Å². The van der Waals surface area contributed by atoms with Crippen LogP contribution >= 0.6 is 0 Å². The molecule has 0 fully saturated rings. The molecule has 0 bridgehead atoms. The van der Waals surface area contributed by atoms with Gasteiger partial charge in [-0.1, -0.05) is 0 Å². The summed E-state index contributed by atoms with van der Waals surface area (Å²) in [7, 11) is 2.21. The van der Waals surface area contributed by atoms with Crippen molar-refractivity contribution >= 4 is 11.9 Å². The predicted molar refractivity (Wildman–Crippen MR) is 87.2 cm³/mol. The Kier molecular flexibility index (Phi) is 7.72. The predicted octanol–water partition coefficient (Wildman–Crippen LogP) is -2.46. The van der Waals surface area contributed by atoms with Gasteiger partial charge in [0.25, 0.3) is 0 Å². The van der Waals surface area contributed by atoms with E-state index >= 15 is 0 Å². The maximum atomic E-state index is 12.2. The molecule has 0 aliphatic carbocycles. The van der Waals surface area contributed by atoms with E-state index in [1.165, 1.54) is 13.8 Å². The second kappa shape index (κ2) is 9.10. The van der Waals surface area contributed by atoms with Gasteiger partial charge < -0.3 is 40.3 Å². The number of ether oxygens (including phenoxy) is 2. The fourth-order valence-corrected chi connectivity index (χ4v) is 2.88. The summed E-state index contributed by atoms with van der Waals surface area (Å²) in [5.74, 6) is -3.12. The van der Waals surface area contributed by atoms with Gasteiger partial charge in [0, 0.05) is 11.4 Å². The minimum absolute atomic E-state index is 0.143. The van der Waals surface area contributed by atoms with Crippen LogP contribution in [0.5, 0.6) is 0 Å². The summed E-state index contributed by atoms with van der Waals surface area (Å²) < 4.78 is 9.38. The maximum Gasteiger partial charge on any atom is 0.336 e. The number of aliphatic hydroxyl groups is 5. The number of carbonyl (C=O) groups excluding carboxylic acids is 2. The lowest BCUT2D eigenvalue weighted by atomic mass is 9.78. The normalized spacial score (nSPS) is 20.2. The first kappa shape index (κ1) is 22.1. The Morgan fingerprint density at radius 3 is 1.73 bits per heavy atom. The molecule has 1 heterocycles. The molecule has 26 heavy (non-hydrogen) atoms. The molecule has 6 N–H and O–H groups in total. The Hall–Kier alpha value is -1.98. The molecule has 0 radical (unpaired) electrons. The van der Waals surface area contributed by atoms with Gasteiger partial charge in [0.05, 0.1) is 44.0 Å². The van der Waals surface area contributed by atoms with E-state index in [1.54, 1.807) is 0 Å². The molecule has 0 amide bonds. The smallest absolute Gasteiger partial charge is 0.336 e. The first-order chi connectivity index (χ1) is 12.1. The zero-order valence-electron chi connectivity index (χ0n) is 15.0. The highest BCUT2D eigenvalue weighted by molar-refractivity contribution is 5.98. The van der Waals surface area contributed by atoms with Crippen LogP contribution in [0.3, 0.4) is 0 Å². The summed E-state index contributed by atoms with van der Waals surface area (Å²) in [5.41, 5.74) is 0.261. The van der Waals surface area contributed by atoms with Gasteiger partial charge in [-0.25, -0.2) is 9.59 Å². The Labute approximate surface area is 150 Å². The lowest BCUT2D eigenvalue weighted by Gasteiger charge is -2.36. The van der Waals surface area contributed by atoms with Crippen molar-refractivity contribution in [2.45, 2.75) is 38.3 Å². The van der Waals surface area contributed by atoms with Crippen molar-refractivity contribution < 1.29 is 44.6 Å². The number of hydrogen-bond acceptors (Lipinski definition) is 10.